The largest absolute Gasteiger partial charge is 0.364 e. The van der Waals surface area contributed by atoms with Crippen LogP contribution in [0.15, 0.2) is 42.6 Å². The summed E-state index contributed by atoms with van der Waals surface area (Å²) < 4.78 is 0. The molecule has 1 aromatic carbocycles. The third kappa shape index (κ3) is 3.45. The van der Waals surface area contributed by atoms with Gasteiger partial charge in [0.1, 0.15) is 0 Å². The number of amides is 2. The minimum atomic E-state index is -0.0293. The number of aromatic amines is 1. The molecule has 130 valence electrons. The van der Waals surface area contributed by atoms with Gasteiger partial charge in [0.15, 0.2) is 0 Å². The van der Waals surface area contributed by atoms with Crippen molar-refractivity contribution in [2.24, 2.45) is 5.92 Å². The number of nitrogens with one attached hydrogen (secondary N) is 2. The molecule has 1 aliphatic heterocycles. The molecule has 2 aromatic rings. The molecule has 2 amide bonds. The number of rotatable bonds is 4. The Kier molecular flexibility index (Phi) is 4.30. The lowest BCUT2D eigenvalue weighted by Gasteiger charge is -2.31. The molecule has 5 nitrogen and oxygen atoms in total. The Morgan fingerprint density at radius 3 is 2.40 bits per heavy atom. The molecule has 4 rings (SSSR count). The lowest BCUT2D eigenvalue weighted by atomic mass is 9.95. The van der Waals surface area contributed by atoms with E-state index in [4.69, 9.17) is 0 Å². The Bertz CT molecular complexity index is 756. The quantitative estimate of drug-likeness (QED) is 0.898. The maximum Gasteiger partial charge on any atom is 0.255 e. The van der Waals surface area contributed by atoms with Gasteiger partial charge in [0, 0.05) is 36.6 Å². The van der Waals surface area contributed by atoms with Crippen molar-refractivity contribution in [3.8, 4) is 0 Å². The Labute approximate surface area is 147 Å². The molecule has 5 heteroatoms. The molecule has 2 N–H and O–H groups in total. The molecule has 1 aliphatic carbocycles. The van der Waals surface area contributed by atoms with E-state index in [1.165, 1.54) is 12.8 Å². The van der Waals surface area contributed by atoms with Crippen molar-refractivity contribution in [1.29, 1.82) is 0 Å². The predicted molar refractivity (Wildman–Crippen MR) is 96.5 cm³/mol. The topological polar surface area (TPSA) is 65.2 Å². The highest BCUT2D eigenvalue weighted by atomic mass is 16.2. The van der Waals surface area contributed by atoms with Crippen LogP contribution in [0.3, 0.4) is 0 Å². The number of carbonyl (C=O) groups excluding carboxylic acids is 2. The van der Waals surface area contributed by atoms with Gasteiger partial charge >= 0.3 is 0 Å². The minimum Gasteiger partial charge on any atom is -0.364 e. The fraction of sp³-hybridized carbons (Fsp3) is 0.400. The summed E-state index contributed by atoms with van der Waals surface area (Å²) >= 11 is 0. The summed E-state index contributed by atoms with van der Waals surface area (Å²) in [5.74, 6) is 0.658. The Morgan fingerprint density at radius 2 is 1.72 bits per heavy atom. The van der Waals surface area contributed by atoms with Crippen molar-refractivity contribution >= 4 is 17.5 Å². The van der Waals surface area contributed by atoms with Crippen molar-refractivity contribution in [3.63, 3.8) is 0 Å². The summed E-state index contributed by atoms with van der Waals surface area (Å²) in [6.07, 6.45) is 5.63. The molecule has 25 heavy (non-hydrogen) atoms. The molecule has 2 heterocycles. The number of piperidine rings is 1. The summed E-state index contributed by atoms with van der Waals surface area (Å²) in [6, 6.07) is 11.4. The maximum atomic E-state index is 12.8. The Balaban J connectivity index is 1.34. The smallest absolute Gasteiger partial charge is 0.255 e. The summed E-state index contributed by atoms with van der Waals surface area (Å²) in [6.45, 7) is 1.28. The molecule has 2 aliphatic rings. The molecule has 1 saturated heterocycles. The zero-order valence-electron chi connectivity index (χ0n) is 14.2. The van der Waals surface area contributed by atoms with Crippen molar-refractivity contribution in [1.82, 2.24) is 9.88 Å². The van der Waals surface area contributed by atoms with E-state index < -0.39 is 0 Å². The van der Waals surface area contributed by atoms with Crippen molar-refractivity contribution in [3.05, 3.63) is 53.9 Å². The van der Waals surface area contributed by atoms with E-state index in [1.54, 1.807) is 0 Å². The summed E-state index contributed by atoms with van der Waals surface area (Å²) in [5, 5.41) is 2.97. The molecule has 0 radical (unpaired) electrons. The van der Waals surface area contributed by atoms with Crippen LogP contribution in [-0.4, -0.2) is 34.8 Å². The molecular formula is C20H23N3O2. The van der Waals surface area contributed by atoms with Crippen LogP contribution in [0.25, 0.3) is 0 Å². The van der Waals surface area contributed by atoms with Gasteiger partial charge in [-0.15, -0.1) is 0 Å². The van der Waals surface area contributed by atoms with Crippen molar-refractivity contribution < 1.29 is 9.59 Å². The lowest BCUT2D eigenvalue weighted by Crippen LogP contribution is -2.41. The molecule has 0 unspecified atom stereocenters. The van der Waals surface area contributed by atoms with Crippen LogP contribution in [0.5, 0.6) is 0 Å². The van der Waals surface area contributed by atoms with E-state index >= 15 is 0 Å². The van der Waals surface area contributed by atoms with E-state index in [0.29, 0.717) is 31.8 Å². The number of para-hydroxylation sites is 1. The van der Waals surface area contributed by atoms with E-state index in [0.717, 1.165) is 16.9 Å². The monoisotopic (exact) mass is 337 g/mol. The third-order valence-electron chi connectivity index (χ3n) is 5.19. The third-order valence-corrected chi connectivity index (χ3v) is 5.19. The fourth-order valence-electron chi connectivity index (χ4n) is 3.56. The van der Waals surface area contributed by atoms with Gasteiger partial charge in [-0.05, 0) is 49.8 Å². The highest BCUT2D eigenvalue weighted by molar-refractivity contribution is 5.96. The van der Waals surface area contributed by atoms with E-state index in [9.17, 15) is 9.59 Å². The second-order valence-electron chi connectivity index (χ2n) is 7.00. The molecule has 0 atom stereocenters. The number of hydrogen-bond acceptors (Lipinski definition) is 2. The molecule has 2 fully saturated rings. The second kappa shape index (κ2) is 6.75. The number of likely N-dealkylation sites (tertiary alicyclic amines) is 1. The van der Waals surface area contributed by atoms with Gasteiger partial charge in [-0.2, -0.15) is 0 Å². The number of aromatic nitrogens is 1. The van der Waals surface area contributed by atoms with Gasteiger partial charge in [0.25, 0.3) is 5.91 Å². The average Bonchev–Trinajstić information content (AvgIpc) is 3.38. The SMILES string of the molecule is O=C(Nc1ccccc1)C1CCN(C(=O)c2cc[nH]c2C2CC2)CC1. The van der Waals surface area contributed by atoms with Crippen LogP contribution in [-0.2, 0) is 4.79 Å². The summed E-state index contributed by atoms with van der Waals surface area (Å²) in [5.41, 5.74) is 2.73. The van der Waals surface area contributed by atoms with Crippen LogP contribution in [0.2, 0.25) is 0 Å². The maximum absolute atomic E-state index is 12.8. The molecule has 0 spiro atoms. The standard InChI is InChI=1S/C20H23N3O2/c24-19(22-16-4-2-1-3-5-16)15-9-12-23(13-10-15)20(25)17-8-11-21-18(17)14-6-7-14/h1-5,8,11,14-15,21H,6-7,9-10,12-13H2,(H,22,24). The Hall–Kier alpha value is -2.56. The number of benzene rings is 1. The number of H-pyrrole nitrogens is 1. The first-order valence-corrected chi connectivity index (χ1v) is 9.05. The predicted octanol–water partition coefficient (Wildman–Crippen LogP) is 3.38. The van der Waals surface area contributed by atoms with Crippen LogP contribution in [0, 0.1) is 5.92 Å². The van der Waals surface area contributed by atoms with Gasteiger partial charge in [-0.1, -0.05) is 18.2 Å². The normalized spacial score (nSPS) is 18.2. The first-order valence-electron chi connectivity index (χ1n) is 9.05. The molecule has 1 aromatic heterocycles. The minimum absolute atomic E-state index is 0.0293. The molecular weight excluding hydrogens is 314 g/mol. The average molecular weight is 337 g/mol. The van der Waals surface area contributed by atoms with Crippen LogP contribution in [0.4, 0.5) is 5.69 Å². The van der Waals surface area contributed by atoms with E-state index in [1.807, 2.05) is 47.5 Å². The zero-order valence-corrected chi connectivity index (χ0v) is 14.2. The van der Waals surface area contributed by atoms with E-state index in [-0.39, 0.29) is 17.7 Å². The second-order valence-corrected chi connectivity index (χ2v) is 7.00. The van der Waals surface area contributed by atoms with Crippen molar-refractivity contribution in [2.75, 3.05) is 18.4 Å². The first-order chi connectivity index (χ1) is 12.2. The van der Waals surface area contributed by atoms with Gasteiger partial charge < -0.3 is 15.2 Å². The zero-order chi connectivity index (χ0) is 17.2. The van der Waals surface area contributed by atoms with Gasteiger partial charge in [0.05, 0.1) is 5.56 Å². The summed E-state index contributed by atoms with van der Waals surface area (Å²) in [4.78, 5) is 30.3. The first kappa shape index (κ1) is 15.9. The number of carbonyl (C=O) groups is 2. The highest BCUT2D eigenvalue weighted by Gasteiger charge is 2.33. The lowest BCUT2D eigenvalue weighted by molar-refractivity contribution is -0.121. The van der Waals surface area contributed by atoms with Crippen molar-refractivity contribution in [2.45, 2.75) is 31.6 Å². The fourth-order valence-corrected chi connectivity index (χ4v) is 3.56. The molecule has 1 saturated carbocycles. The van der Waals surface area contributed by atoms with Crippen LogP contribution in [0.1, 0.15) is 47.7 Å². The highest BCUT2D eigenvalue weighted by Crippen LogP contribution is 2.41. The number of anilines is 1. The number of hydrogen-bond donors (Lipinski definition) is 2. The van der Waals surface area contributed by atoms with Gasteiger partial charge in [-0.3, -0.25) is 9.59 Å². The van der Waals surface area contributed by atoms with Gasteiger partial charge in [0.2, 0.25) is 5.91 Å². The van der Waals surface area contributed by atoms with Crippen LogP contribution < -0.4 is 5.32 Å². The number of nitrogens with zero attached hydrogens (tertiary/aromatic N) is 1. The van der Waals surface area contributed by atoms with Crippen LogP contribution >= 0.6 is 0 Å². The molecule has 0 bridgehead atoms. The van der Waals surface area contributed by atoms with E-state index in [2.05, 4.69) is 10.3 Å². The van der Waals surface area contributed by atoms with Gasteiger partial charge in [-0.25, -0.2) is 0 Å². The Morgan fingerprint density at radius 1 is 1.00 bits per heavy atom. The summed E-state index contributed by atoms with van der Waals surface area (Å²) in [7, 11) is 0.